The van der Waals surface area contributed by atoms with Crippen LogP contribution >= 0.6 is 22.3 Å². The van der Waals surface area contributed by atoms with Crippen molar-refractivity contribution in [3.63, 3.8) is 0 Å². The highest BCUT2D eigenvalue weighted by molar-refractivity contribution is 8.13. The van der Waals surface area contributed by atoms with Crippen LogP contribution in [0.3, 0.4) is 0 Å². The SMILES string of the molecule is O=C(c1cc(S(=O)(=O)Cl)c(Cl)cc1F)N1CC2CCC1C2. The molecule has 0 aromatic heterocycles. The first-order valence-corrected chi connectivity index (χ1v) is 9.21. The van der Waals surface area contributed by atoms with E-state index in [1.807, 2.05) is 0 Å². The fraction of sp³-hybridized carbons (Fsp3) is 0.462. The molecule has 114 valence electrons. The second-order valence-corrected chi connectivity index (χ2v) is 8.43. The summed E-state index contributed by atoms with van der Waals surface area (Å²) in [6.07, 6.45) is 2.92. The van der Waals surface area contributed by atoms with Crippen LogP contribution in [-0.4, -0.2) is 31.8 Å². The van der Waals surface area contributed by atoms with Crippen LogP contribution in [0.4, 0.5) is 4.39 Å². The fourth-order valence-corrected chi connectivity index (χ4v) is 4.72. The van der Waals surface area contributed by atoms with Gasteiger partial charge in [0.1, 0.15) is 10.7 Å². The topological polar surface area (TPSA) is 54.5 Å². The summed E-state index contributed by atoms with van der Waals surface area (Å²) in [5.41, 5.74) is -0.300. The van der Waals surface area contributed by atoms with Gasteiger partial charge in [-0.1, -0.05) is 11.6 Å². The molecule has 2 aliphatic rings. The summed E-state index contributed by atoms with van der Waals surface area (Å²) in [5.74, 6) is -0.875. The molecule has 2 atom stereocenters. The maximum absolute atomic E-state index is 14.0. The number of rotatable bonds is 2. The van der Waals surface area contributed by atoms with E-state index < -0.39 is 25.7 Å². The maximum atomic E-state index is 14.0. The van der Waals surface area contributed by atoms with Gasteiger partial charge in [-0.3, -0.25) is 4.79 Å². The predicted octanol–water partition coefficient (Wildman–Crippen LogP) is 3.03. The second-order valence-electron chi connectivity index (χ2n) is 5.49. The maximum Gasteiger partial charge on any atom is 0.262 e. The average molecular weight is 352 g/mol. The standard InChI is InChI=1S/C13H12Cl2FNO3S/c14-10-5-11(16)9(4-12(10)21(15,19)20)13(18)17-6-7-1-2-8(17)3-7/h4-5,7-8H,1-3,6H2. The van der Waals surface area contributed by atoms with Crippen molar-refractivity contribution >= 4 is 37.2 Å². The van der Waals surface area contributed by atoms with Crippen LogP contribution in [0.1, 0.15) is 29.6 Å². The largest absolute Gasteiger partial charge is 0.335 e. The van der Waals surface area contributed by atoms with Gasteiger partial charge < -0.3 is 4.90 Å². The second kappa shape index (κ2) is 5.11. The highest BCUT2D eigenvalue weighted by Gasteiger charge is 2.41. The lowest BCUT2D eigenvalue weighted by Gasteiger charge is -2.27. The minimum Gasteiger partial charge on any atom is -0.335 e. The van der Waals surface area contributed by atoms with Crippen molar-refractivity contribution < 1.29 is 17.6 Å². The van der Waals surface area contributed by atoms with Gasteiger partial charge in [0.25, 0.3) is 15.0 Å². The van der Waals surface area contributed by atoms with E-state index >= 15 is 0 Å². The van der Waals surface area contributed by atoms with Crippen molar-refractivity contribution in [2.45, 2.75) is 30.2 Å². The number of nitrogens with zero attached hydrogens (tertiary/aromatic N) is 1. The average Bonchev–Trinajstić information content (AvgIpc) is 2.98. The Balaban J connectivity index is 2.00. The number of halogens is 3. The van der Waals surface area contributed by atoms with Crippen LogP contribution in [0.2, 0.25) is 5.02 Å². The van der Waals surface area contributed by atoms with Crippen molar-refractivity contribution in [3.8, 4) is 0 Å². The Kier molecular flexibility index (Phi) is 3.66. The van der Waals surface area contributed by atoms with Gasteiger partial charge in [0.2, 0.25) is 0 Å². The monoisotopic (exact) mass is 351 g/mol. The minimum atomic E-state index is -4.14. The van der Waals surface area contributed by atoms with Crippen LogP contribution in [0.15, 0.2) is 17.0 Å². The van der Waals surface area contributed by atoms with Gasteiger partial charge in [0, 0.05) is 23.3 Å². The van der Waals surface area contributed by atoms with Crippen LogP contribution in [0.25, 0.3) is 0 Å². The van der Waals surface area contributed by atoms with Gasteiger partial charge in [0.15, 0.2) is 0 Å². The Morgan fingerprint density at radius 1 is 1.33 bits per heavy atom. The molecule has 3 rings (SSSR count). The van der Waals surface area contributed by atoms with Gasteiger partial charge >= 0.3 is 0 Å². The molecule has 0 radical (unpaired) electrons. The van der Waals surface area contributed by atoms with E-state index in [1.165, 1.54) is 0 Å². The zero-order valence-electron chi connectivity index (χ0n) is 10.9. The summed E-state index contributed by atoms with van der Waals surface area (Å²) in [4.78, 5) is 13.6. The fourth-order valence-electron chi connectivity index (χ4n) is 3.21. The van der Waals surface area contributed by atoms with Crippen LogP contribution < -0.4 is 0 Å². The van der Waals surface area contributed by atoms with E-state index in [0.29, 0.717) is 12.5 Å². The van der Waals surface area contributed by atoms with E-state index in [2.05, 4.69) is 0 Å². The number of fused-ring (bicyclic) bond motifs is 2. The van der Waals surface area contributed by atoms with Crippen molar-refractivity contribution in [1.29, 1.82) is 0 Å². The number of piperidine rings is 1. The van der Waals surface area contributed by atoms with E-state index in [-0.39, 0.29) is 16.6 Å². The first kappa shape index (κ1) is 15.1. The molecule has 1 aliphatic heterocycles. The van der Waals surface area contributed by atoms with Crippen LogP contribution in [-0.2, 0) is 9.05 Å². The van der Waals surface area contributed by atoms with Gasteiger partial charge in [0.05, 0.1) is 10.6 Å². The molecule has 1 aromatic carbocycles. The first-order chi connectivity index (χ1) is 9.77. The Morgan fingerprint density at radius 2 is 2.05 bits per heavy atom. The third kappa shape index (κ3) is 2.64. The lowest BCUT2D eigenvalue weighted by molar-refractivity contribution is 0.0698. The summed E-state index contributed by atoms with van der Waals surface area (Å²) < 4.78 is 36.8. The molecule has 1 saturated heterocycles. The summed E-state index contributed by atoms with van der Waals surface area (Å²) in [7, 11) is 1.12. The van der Waals surface area contributed by atoms with E-state index in [0.717, 1.165) is 31.4 Å². The Morgan fingerprint density at radius 3 is 2.57 bits per heavy atom. The molecule has 21 heavy (non-hydrogen) atoms. The smallest absolute Gasteiger partial charge is 0.262 e. The molecule has 0 N–H and O–H groups in total. The molecule has 0 spiro atoms. The lowest BCUT2D eigenvalue weighted by Crippen LogP contribution is -2.38. The van der Waals surface area contributed by atoms with Crippen LogP contribution in [0.5, 0.6) is 0 Å². The number of carbonyl (C=O) groups excluding carboxylic acids is 1. The number of likely N-dealkylation sites (tertiary alicyclic amines) is 1. The lowest BCUT2D eigenvalue weighted by atomic mass is 10.1. The third-order valence-corrected chi connectivity index (χ3v) is 5.97. The molecule has 2 bridgehead atoms. The van der Waals surface area contributed by atoms with Crippen molar-refractivity contribution in [2.24, 2.45) is 5.92 Å². The molecule has 1 amide bonds. The molecule has 2 fully saturated rings. The Labute approximate surface area is 131 Å². The molecule has 8 heteroatoms. The minimum absolute atomic E-state index is 0.119. The Hall–Kier alpha value is -0.850. The van der Waals surface area contributed by atoms with E-state index in [4.69, 9.17) is 22.3 Å². The van der Waals surface area contributed by atoms with E-state index in [9.17, 15) is 17.6 Å². The van der Waals surface area contributed by atoms with Gasteiger partial charge in [-0.2, -0.15) is 0 Å². The molecule has 1 heterocycles. The quantitative estimate of drug-likeness (QED) is 0.769. The van der Waals surface area contributed by atoms with Gasteiger partial charge in [-0.05, 0) is 37.3 Å². The normalized spacial score (nSPS) is 24.6. The predicted molar refractivity (Wildman–Crippen MR) is 76.6 cm³/mol. The zero-order chi connectivity index (χ0) is 15.4. The number of amides is 1. The molecule has 2 unspecified atom stereocenters. The van der Waals surface area contributed by atoms with Crippen molar-refractivity contribution in [1.82, 2.24) is 4.90 Å². The number of benzene rings is 1. The van der Waals surface area contributed by atoms with Crippen LogP contribution in [0, 0.1) is 11.7 Å². The number of carbonyl (C=O) groups is 1. The summed E-state index contributed by atoms with van der Waals surface area (Å²) in [5, 5.41) is -0.331. The molecular formula is C13H12Cl2FNO3S. The molecular weight excluding hydrogens is 340 g/mol. The molecule has 1 aliphatic carbocycles. The molecule has 1 saturated carbocycles. The van der Waals surface area contributed by atoms with E-state index in [1.54, 1.807) is 4.90 Å². The summed E-state index contributed by atoms with van der Waals surface area (Å²) in [6, 6.07) is 1.86. The van der Waals surface area contributed by atoms with Crippen molar-refractivity contribution in [2.75, 3.05) is 6.54 Å². The molecule has 4 nitrogen and oxygen atoms in total. The van der Waals surface area contributed by atoms with Crippen molar-refractivity contribution in [3.05, 3.63) is 28.5 Å². The summed E-state index contributed by atoms with van der Waals surface area (Å²) >= 11 is 5.68. The first-order valence-electron chi connectivity index (χ1n) is 6.52. The summed E-state index contributed by atoms with van der Waals surface area (Å²) in [6.45, 7) is 0.592. The molecule has 1 aromatic rings. The van der Waals surface area contributed by atoms with Gasteiger partial charge in [-0.15, -0.1) is 0 Å². The number of hydrogen-bond acceptors (Lipinski definition) is 3. The highest BCUT2D eigenvalue weighted by Crippen LogP contribution is 2.38. The Bertz CT molecular complexity index is 722. The highest BCUT2D eigenvalue weighted by atomic mass is 35.7. The number of hydrogen-bond donors (Lipinski definition) is 0. The van der Waals surface area contributed by atoms with Gasteiger partial charge in [-0.25, -0.2) is 12.8 Å². The zero-order valence-corrected chi connectivity index (χ0v) is 13.2. The third-order valence-electron chi connectivity index (χ3n) is 4.18.